The number of nitro benzene ring substituents is 1. The number of carbonyl (C=O) groups excluding carboxylic acids is 1. The molecule has 6 nitrogen and oxygen atoms in total. The fraction of sp³-hybridized carbons (Fsp3) is 0.462. The van der Waals surface area contributed by atoms with E-state index in [1.807, 2.05) is 7.05 Å². The van der Waals surface area contributed by atoms with Crippen LogP contribution in [0.2, 0.25) is 5.02 Å². The third kappa shape index (κ3) is 3.26. The third-order valence-electron chi connectivity index (χ3n) is 3.46. The number of likely N-dealkylation sites (N-methyl/N-ethyl adjacent to an activating group) is 1. The highest BCUT2D eigenvalue weighted by Gasteiger charge is 2.24. The van der Waals surface area contributed by atoms with Crippen LogP contribution in [-0.4, -0.2) is 41.9 Å². The lowest BCUT2D eigenvalue weighted by atomic mass is 10.0. The molecule has 2 rings (SSSR count). The number of piperidine rings is 1. The molecule has 1 saturated heterocycles. The number of nitrogens with zero attached hydrogens (tertiary/aromatic N) is 2. The van der Waals surface area contributed by atoms with Crippen molar-refractivity contribution in [1.29, 1.82) is 0 Å². The summed E-state index contributed by atoms with van der Waals surface area (Å²) in [5, 5.41) is 14.2. The molecule has 0 aromatic heterocycles. The highest BCUT2D eigenvalue weighted by atomic mass is 35.5. The number of amides is 1. The molecule has 7 heteroatoms. The zero-order valence-electron chi connectivity index (χ0n) is 11.1. The van der Waals surface area contributed by atoms with Gasteiger partial charge in [0.25, 0.3) is 11.6 Å². The summed E-state index contributed by atoms with van der Waals surface area (Å²) in [5.74, 6) is -0.212. The minimum atomic E-state index is -0.546. The Morgan fingerprint density at radius 3 is 2.90 bits per heavy atom. The Balaban J connectivity index is 2.22. The molecule has 1 unspecified atom stereocenters. The van der Waals surface area contributed by atoms with Gasteiger partial charge in [0.05, 0.1) is 4.92 Å². The second-order valence-electron chi connectivity index (χ2n) is 4.83. The topological polar surface area (TPSA) is 75.5 Å². The number of non-ortho nitro benzene ring substituents is 1. The number of nitrogens with one attached hydrogen (secondary N) is 1. The lowest BCUT2D eigenvalue weighted by Gasteiger charge is -2.32. The standard InChI is InChI=1S/C13H16ClN3O3/c1-15-11-3-2-4-16(8-11)13(18)9-5-10(14)7-12(6-9)17(19)20/h5-7,11,15H,2-4,8H2,1H3. The van der Waals surface area contributed by atoms with Gasteiger partial charge < -0.3 is 10.2 Å². The molecule has 1 atom stereocenters. The second-order valence-corrected chi connectivity index (χ2v) is 5.27. The van der Waals surface area contributed by atoms with E-state index >= 15 is 0 Å². The van der Waals surface area contributed by atoms with Crippen molar-refractivity contribution >= 4 is 23.2 Å². The Kier molecular flexibility index (Phi) is 4.57. The summed E-state index contributed by atoms with van der Waals surface area (Å²) in [6.45, 7) is 1.27. The van der Waals surface area contributed by atoms with Crippen LogP contribution in [0.15, 0.2) is 18.2 Å². The van der Waals surface area contributed by atoms with Crippen LogP contribution >= 0.6 is 11.6 Å². The van der Waals surface area contributed by atoms with Crippen molar-refractivity contribution in [1.82, 2.24) is 10.2 Å². The van der Waals surface area contributed by atoms with E-state index < -0.39 is 4.92 Å². The maximum absolute atomic E-state index is 12.4. The summed E-state index contributed by atoms with van der Waals surface area (Å²) in [6.07, 6.45) is 1.94. The number of likely N-dealkylation sites (tertiary alicyclic amines) is 1. The zero-order chi connectivity index (χ0) is 14.7. The lowest BCUT2D eigenvalue weighted by Crippen LogP contribution is -2.46. The Morgan fingerprint density at radius 1 is 1.50 bits per heavy atom. The summed E-state index contributed by atoms with van der Waals surface area (Å²) in [5.41, 5.74) is 0.101. The summed E-state index contributed by atoms with van der Waals surface area (Å²) in [7, 11) is 1.86. The zero-order valence-corrected chi connectivity index (χ0v) is 11.9. The number of hydrogen-bond donors (Lipinski definition) is 1. The van der Waals surface area contributed by atoms with E-state index in [2.05, 4.69) is 5.32 Å². The number of rotatable bonds is 3. The number of carbonyl (C=O) groups is 1. The molecule has 1 N–H and O–H groups in total. The van der Waals surface area contributed by atoms with Gasteiger partial charge in [-0.3, -0.25) is 14.9 Å². The SMILES string of the molecule is CNC1CCCN(C(=O)c2cc(Cl)cc([N+](=O)[O-])c2)C1. The van der Waals surface area contributed by atoms with Crippen LogP contribution < -0.4 is 5.32 Å². The summed E-state index contributed by atoms with van der Waals surface area (Å²) >= 11 is 5.85. The Labute approximate surface area is 121 Å². The molecule has 0 aliphatic carbocycles. The van der Waals surface area contributed by atoms with Gasteiger partial charge in [-0.1, -0.05) is 11.6 Å². The first-order valence-electron chi connectivity index (χ1n) is 6.43. The van der Waals surface area contributed by atoms with E-state index in [1.54, 1.807) is 4.90 Å². The molecule has 1 aromatic carbocycles. The molecule has 0 radical (unpaired) electrons. The summed E-state index contributed by atoms with van der Waals surface area (Å²) in [6, 6.07) is 4.25. The van der Waals surface area contributed by atoms with Crippen LogP contribution in [0.3, 0.4) is 0 Å². The van der Waals surface area contributed by atoms with Crippen LogP contribution in [-0.2, 0) is 0 Å². The minimum absolute atomic E-state index is 0.164. The molecular formula is C13H16ClN3O3. The fourth-order valence-corrected chi connectivity index (χ4v) is 2.61. The van der Waals surface area contributed by atoms with Crippen molar-refractivity contribution in [2.45, 2.75) is 18.9 Å². The molecule has 1 heterocycles. The van der Waals surface area contributed by atoms with Gasteiger partial charge >= 0.3 is 0 Å². The van der Waals surface area contributed by atoms with E-state index in [1.165, 1.54) is 18.2 Å². The van der Waals surface area contributed by atoms with Crippen LogP contribution in [0.1, 0.15) is 23.2 Å². The van der Waals surface area contributed by atoms with Gasteiger partial charge in [-0.15, -0.1) is 0 Å². The smallest absolute Gasteiger partial charge is 0.271 e. The van der Waals surface area contributed by atoms with Gasteiger partial charge in [-0.25, -0.2) is 0 Å². The number of benzene rings is 1. The van der Waals surface area contributed by atoms with Gasteiger partial charge in [0.15, 0.2) is 0 Å². The van der Waals surface area contributed by atoms with Crippen molar-refractivity contribution in [2.75, 3.05) is 20.1 Å². The number of nitro groups is 1. The van der Waals surface area contributed by atoms with Crippen LogP contribution in [0.5, 0.6) is 0 Å². The predicted molar refractivity (Wildman–Crippen MR) is 76.1 cm³/mol. The molecule has 1 aromatic rings. The van der Waals surface area contributed by atoms with E-state index in [0.717, 1.165) is 12.8 Å². The van der Waals surface area contributed by atoms with Gasteiger partial charge in [0.2, 0.25) is 0 Å². The largest absolute Gasteiger partial charge is 0.337 e. The minimum Gasteiger partial charge on any atom is -0.337 e. The Bertz CT molecular complexity index is 536. The van der Waals surface area contributed by atoms with Crippen molar-refractivity contribution in [3.63, 3.8) is 0 Å². The molecule has 108 valence electrons. The Morgan fingerprint density at radius 2 is 2.25 bits per heavy atom. The molecule has 0 saturated carbocycles. The van der Waals surface area contributed by atoms with Crippen LogP contribution in [0.25, 0.3) is 0 Å². The van der Waals surface area contributed by atoms with Crippen LogP contribution in [0.4, 0.5) is 5.69 Å². The first kappa shape index (κ1) is 14.7. The summed E-state index contributed by atoms with van der Waals surface area (Å²) < 4.78 is 0. The van der Waals surface area contributed by atoms with Gasteiger partial charge in [0.1, 0.15) is 0 Å². The van der Waals surface area contributed by atoms with Gasteiger partial charge in [0, 0.05) is 41.9 Å². The molecule has 1 fully saturated rings. The van der Waals surface area contributed by atoms with Crippen molar-refractivity contribution in [2.24, 2.45) is 0 Å². The molecule has 0 spiro atoms. The van der Waals surface area contributed by atoms with Crippen molar-refractivity contribution in [3.05, 3.63) is 38.9 Å². The number of hydrogen-bond acceptors (Lipinski definition) is 4. The average molecular weight is 298 g/mol. The van der Waals surface area contributed by atoms with Crippen molar-refractivity contribution < 1.29 is 9.72 Å². The average Bonchev–Trinajstić information content (AvgIpc) is 2.45. The van der Waals surface area contributed by atoms with E-state index in [0.29, 0.717) is 13.1 Å². The van der Waals surface area contributed by atoms with E-state index in [4.69, 9.17) is 11.6 Å². The molecule has 0 bridgehead atoms. The normalized spacial score (nSPS) is 18.9. The Hall–Kier alpha value is -1.66. The maximum Gasteiger partial charge on any atom is 0.271 e. The highest BCUT2D eigenvalue weighted by molar-refractivity contribution is 6.31. The molecular weight excluding hydrogens is 282 g/mol. The van der Waals surface area contributed by atoms with Crippen LogP contribution in [0, 0.1) is 10.1 Å². The molecule has 1 aliphatic rings. The fourth-order valence-electron chi connectivity index (χ4n) is 2.38. The predicted octanol–water partition coefficient (Wildman–Crippen LogP) is 2.07. The monoisotopic (exact) mass is 297 g/mol. The highest BCUT2D eigenvalue weighted by Crippen LogP contribution is 2.23. The first-order chi connectivity index (χ1) is 9.51. The molecule has 1 aliphatic heterocycles. The molecule has 1 amide bonds. The quantitative estimate of drug-likeness (QED) is 0.684. The second kappa shape index (κ2) is 6.19. The third-order valence-corrected chi connectivity index (χ3v) is 3.68. The first-order valence-corrected chi connectivity index (χ1v) is 6.80. The summed E-state index contributed by atoms with van der Waals surface area (Å²) in [4.78, 5) is 24.4. The van der Waals surface area contributed by atoms with E-state index in [9.17, 15) is 14.9 Å². The lowest BCUT2D eigenvalue weighted by molar-refractivity contribution is -0.384. The maximum atomic E-state index is 12.4. The van der Waals surface area contributed by atoms with Gasteiger partial charge in [-0.2, -0.15) is 0 Å². The van der Waals surface area contributed by atoms with Crippen molar-refractivity contribution in [3.8, 4) is 0 Å². The number of halogens is 1. The van der Waals surface area contributed by atoms with Gasteiger partial charge in [-0.05, 0) is 26.0 Å². The molecule has 20 heavy (non-hydrogen) atoms. The van der Waals surface area contributed by atoms with E-state index in [-0.39, 0.29) is 28.2 Å².